The molecule has 6 rings (SSSR count). The van der Waals surface area contributed by atoms with Crippen molar-refractivity contribution < 1.29 is 54.1 Å². The normalized spacial score (nSPS) is 12.2. The van der Waals surface area contributed by atoms with Crippen LogP contribution in [0.15, 0.2) is 165 Å². The summed E-state index contributed by atoms with van der Waals surface area (Å²) in [6.07, 6.45) is 1.28. The molecule has 0 aliphatic heterocycles. The summed E-state index contributed by atoms with van der Waals surface area (Å²) in [6, 6.07) is 27.6. The van der Waals surface area contributed by atoms with Crippen molar-refractivity contribution in [1.29, 1.82) is 0 Å². The lowest BCUT2D eigenvalue weighted by Gasteiger charge is -2.10. The second-order valence-corrected chi connectivity index (χ2v) is 19.8. The molecule has 6 aromatic rings. The van der Waals surface area contributed by atoms with Crippen molar-refractivity contribution in [3.63, 3.8) is 0 Å². The van der Waals surface area contributed by atoms with Gasteiger partial charge in [-0.1, -0.05) is 48.5 Å². The number of benzene rings is 6. The molecule has 0 spiro atoms. The largest absolute Gasteiger partial charge is 0.462 e. The summed E-state index contributed by atoms with van der Waals surface area (Å²) in [7, 11) is -13.4. The van der Waals surface area contributed by atoms with Crippen LogP contribution >= 0.6 is 0 Å². The van der Waals surface area contributed by atoms with Crippen molar-refractivity contribution in [2.75, 3.05) is 48.5 Å². The molecule has 0 saturated carbocycles. The average Bonchev–Trinajstić information content (AvgIpc) is 3.33. The zero-order valence-electron chi connectivity index (χ0n) is 38.3. The van der Waals surface area contributed by atoms with E-state index in [2.05, 4.69) is 40.9 Å². The Hall–Kier alpha value is -7.92. The van der Waals surface area contributed by atoms with Gasteiger partial charge < -0.3 is 37.9 Å². The van der Waals surface area contributed by atoms with E-state index >= 15 is 0 Å². The van der Waals surface area contributed by atoms with Gasteiger partial charge in [-0.3, -0.25) is 9.11 Å². The fourth-order valence-electron chi connectivity index (χ4n) is 6.22. The Kier molecular flexibility index (Phi) is 18.5. The number of nitrogens with zero attached hydrogens (tertiary/aromatic N) is 8. The third-order valence-electron chi connectivity index (χ3n) is 9.84. The van der Waals surface area contributed by atoms with E-state index in [-0.39, 0.29) is 74.9 Å². The summed E-state index contributed by atoms with van der Waals surface area (Å²) >= 11 is 0. The van der Waals surface area contributed by atoms with Gasteiger partial charge in [0.15, 0.2) is 9.84 Å². The van der Waals surface area contributed by atoms with Gasteiger partial charge in [0.1, 0.15) is 38.2 Å². The number of carbonyl (C=O) groups excluding carboxylic acids is 1. The minimum Gasteiger partial charge on any atom is -0.462 e. The zero-order valence-corrected chi connectivity index (χ0v) is 40.8. The molecular formula is C45H48N12O12S3. The van der Waals surface area contributed by atoms with Gasteiger partial charge in [0.05, 0.1) is 69.2 Å². The first-order chi connectivity index (χ1) is 34.1. The molecule has 27 heteroatoms. The summed E-state index contributed by atoms with van der Waals surface area (Å²) in [5.74, 6) is -1.16. The Labute approximate surface area is 413 Å². The van der Waals surface area contributed by atoms with Crippen molar-refractivity contribution in [3.8, 4) is 0 Å². The second kappa shape index (κ2) is 24.3. The number of aryl methyl sites for hydroxylation is 2. The fourth-order valence-corrected chi connectivity index (χ4v) is 8.55. The van der Waals surface area contributed by atoms with Gasteiger partial charge in [0.25, 0.3) is 20.2 Å². The van der Waals surface area contributed by atoms with Crippen LogP contribution in [0.2, 0.25) is 0 Å². The highest BCUT2D eigenvalue weighted by Crippen LogP contribution is 2.45. The maximum atomic E-state index is 12.2. The molecule has 6 aromatic carbocycles. The van der Waals surface area contributed by atoms with E-state index in [1.165, 1.54) is 36.4 Å². The second-order valence-electron chi connectivity index (χ2n) is 15.0. The van der Waals surface area contributed by atoms with Gasteiger partial charge in [-0.15, -0.1) is 25.6 Å². The Morgan fingerprint density at radius 1 is 0.556 bits per heavy atom. The smallest absolute Gasteiger partial charge is 0.340 e. The number of hydrogen-bond acceptors (Lipinski definition) is 22. The average molecular weight is 1050 g/mol. The van der Waals surface area contributed by atoms with Crippen LogP contribution in [-0.4, -0.2) is 76.1 Å². The third-order valence-corrected chi connectivity index (χ3v) is 13.3. The van der Waals surface area contributed by atoms with Gasteiger partial charge >= 0.3 is 5.97 Å². The predicted octanol–water partition coefficient (Wildman–Crippen LogP) is 9.03. The maximum Gasteiger partial charge on any atom is 0.340 e. The monoisotopic (exact) mass is 1040 g/mol. The fraction of sp³-hybridized carbons (Fsp3) is 0.178. The van der Waals surface area contributed by atoms with E-state index < -0.39 is 63.9 Å². The molecule has 0 atom stereocenters. The van der Waals surface area contributed by atoms with Gasteiger partial charge in [-0.25, -0.2) is 13.2 Å². The Balaban J connectivity index is 0.000000271. The number of azo groups is 4. The van der Waals surface area contributed by atoms with Crippen LogP contribution in [0, 0.1) is 6.92 Å². The number of ether oxygens (including phenoxy) is 1. The summed E-state index contributed by atoms with van der Waals surface area (Å²) in [5, 5.41) is 50.0. The minimum atomic E-state index is -4.88. The number of esters is 1. The molecule has 378 valence electrons. The SMILES string of the molecule is CCOC(=O)c1ccccc1N=Nc1cc(S(=O)(=O)O)c(N)c(N=Nc2cccc(S(=O)(=O)CCO)c2)c1N.Cc1ccccc1N=Nc1c(N)c(N=Nc2cccc(CCCO)c2)cc(S(=O)(=O)O)c1N. The molecule has 0 amide bonds. The number of aliphatic hydroxyl groups is 2. The summed E-state index contributed by atoms with van der Waals surface area (Å²) in [5.41, 5.74) is 25.1. The number of nitrogens with two attached hydrogens (primary N) is 4. The van der Waals surface area contributed by atoms with Crippen LogP contribution in [0.5, 0.6) is 0 Å². The van der Waals surface area contributed by atoms with E-state index in [1.54, 1.807) is 49.4 Å². The lowest BCUT2D eigenvalue weighted by Crippen LogP contribution is -2.09. The van der Waals surface area contributed by atoms with Gasteiger partial charge in [0.2, 0.25) is 0 Å². The standard InChI is InChI=1S/C23H24N6O8S2.C22H24N6O4S/c1-2-37-23(31)16-8-3-4-9-17(16)27-28-18-13-19(39(34,35)36)21(25)22(20(18)24)29-26-14-6-5-7-15(12-14)38(32,33)11-10-30;1-14-6-2-3-10-17(14)26-28-22-20(23)18(13-19(21(22)24)33(30,31)32)27-25-16-9-4-7-15(12-16)8-5-11-29/h3-9,12-13,30H,2,10-11,24-25H2,1H3,(H,34,35,36);2-4,6-7,9-10,12-13,29H,5,8,11,23-24H2,1H3,(H,30,31,32). The number of rotatable bonds is 18. The molecule has 12 N–H and O–H groups in total. The van der Waals surface area contributed by atoms with Crippen LogP contribution in [-0.2, 0) is 41.2 Å². The van der Waals surface area contributed by atoms with Crippen LogP contribution < -0.4 is 22.9 Å². The molecule has 0 fully saturated rings. The zero-order chi connectivity index (χ0) is 52.8. The predicted molar refractivity (Wildman–Crippen MR) is 268 cm³/mol. The minimum absolute atomic E-state index is 0.0385. The van der Waals surface area contributed by atoms with Crippen molar-refractivity contribution in [1.82, 2.24) is 0 Å². The third kappa shape index (κ3) is 14.3. The highest BCUT2D eigenvalue weighted by Gasteiger charge is 2.24. The Morgan fingerprint density at radius 3 is 1.62 bits per heavy atom. The summed E-state index contributed by atoms with van der Waals surface area (Å²) in [4.78, 5) is 10.7. The molecule has 24 nitrogen and oxygen atoms in total. The molecule has 0 saturated heterocycles. The number of hydrogen-bond donors (Lipinski definition) is 8. The van der Waals surface area contributed by atoms with Gasteiger partial charge in [-0.05, 0) is 98.5 Å². The molecule has 0 radical (unpaired) electrons. The van der Waals surface area contributed by atoms with E-state index in [9.17, 15) is 39.2 Å². The molecular weight excluding hydrogens is 997 g/mol. The molecule has 0 unspecified atom stereocenters. The number of carbonyl (C=O) groups is 1. The lowest BCUT2D eigenvalue weighted by atomic mass is 10.1. The van der Waals surface area contributed by atoms with Crippen molar-refractivity contribution in [3.05, 3.63) is 126 Å². The summed E-state index contributed by atoms with van der Waals surface area (Å²) in [6.45, 7) is 3.09. The highest BCUT2D eigenvalue weighted by atomic mass is 32.2. The number of sulfone groups is 1. The maximum absolute atomic E-state index is 12.2. The number of anilines is 4. The van der Waals surface area contributed by atoms with Crippen LogP contribution in [0.3, 0.4) is 0 Å². The number of nitrogen functional groups attached to an aromatic ring is 4. The molecule has 0 aliphatic rings. The van der Waals surface area contributed by atoms with Gasteiger partial charge in [0, 0.05) is 6.61 Å². The van der Waals surface area contributed by atoms with Crippen LogP contribution in [0.1, 0.15) is 34.8 Å². The van der Waals surface area contributed by atoms with Crippen LogP contribution in [0.4, 0.5) is 68.2 Å². The van der Waals surface area contributed by atoms with Gasteiger partial charge in [-0.2, -0.15) is 32.2 Å². The highest BCUT2D eigenvalue weighted by molar-refractivity contribution is 7.91. The quantitative estimate of drug-likeness (QED) is 0.0172. The molecule has 0 heterocycles. The van der Waals surface area contributed by atoms with E-state index in [1.807, 2.05) is 25.1 Å². The topological polar surface area (TPSA) is 413 Å². The first kappa shape index (κ1) is 55.0. The summed E-state index contributed by atoms with van der Waals surface area (Å²) < 4.78 is 96.5. The molecule has 72 heavy (non-hydrogen) atoms. The molecule has 0 aliphatic carbocycles. The molecule has 0 aromatic heterocycles. The molecule has 0 bridgehead atoms. The van der Waals surface area contributed by atoms with E-state index in [0.29, 0.717) is 24.2 Å². The lowest BCUT2D eigenvalue weighted by molar-refractivity contribution is 0.0527. The van der Waals surface area contributed by atoms with Crippen molar-refractivity contribution in [2.45, 2.75) is 41.4 Å². The van der Waals surface area contributed by atoms with E-state index in [4.69, 9.17) is 37.9 Å². The van der Waals surface area contributed by atoms with Crippen molar-refractivity contribution >= 4 is 104 Å². The Morgan fingerprint density at radius 2 is 1.06 bits per heavy atom. The number of aliphatic hydroxyl groups excluding tert-OH is 2. The van der Waals surface area contributed by atoms with Crippen LogP contribution in [0.25, 0.3) is 0 Å². The van der Waals surface area contributed by atoms with Crippen molar-refractivity contribution in [2.24, 2.45) is 40.9 Å². The first-order valence-corrected chi connectivity index (χ1v) is 25.6. The first-order valence-electron chi connectivity index (χ1n) is 21.1. The van der Waals surface area contributed by atoms with E-state index in [0.717, 1.165) is 23.3 Å². The Bertz CT molecular complexity index is 3450.